The Balaban J connectivity index is 1.66. The molecule has 0 bridgehead atoms. The van der Waals surface area contributed by atoms with Gasteiger partial charge >= 0.3 is 6.09 Å². The predicted octanol–water partition coefficient (Wildman–Crippen LogP) is 2.85. The first-order valence-electron chi connectivity index (χ1n) is 13.9. The minimum absolute atomic E-state index is 0.244. The zero-order valence-corrected chi connectivity index (χ0v) is 23.6. The van der Waals surface area contributed by atoms with E-state index in [0.717, 1.165) is 25.0 Å². The van der Waals surface area contributed by atoms with Crippen LogP contribution >= 0.6 is 0 Å². The lowest BCUT2D eigenvalue weighted by Gasteiger charge is -2.09. The third kappa shape index (κ3) is 26.2. The number of amides is 1. The van der Waals surface area contributed by atoms with Crippen LogP contribution in [0.5, 0.6) is 0 Å². The van der Waals surface area contributed by atoms with Crippen molar-refractivity contribution < 1.29 is 47.4 Å². The summed E-state index contributed by atoms with van der Waals surface area (Å²) in [4.78, 5) is 11.6. The van der Waals surface area contributed by atoms with Crippen molar-refractivity contribution >= 4 is 6.09 Å². The lowest BCUT2D eigenvalue weighted by Crippen LogP contribution is -2.28. The summed E-state index contributed by atoms with van der Waals surface area (Å²) in [6.45, 7) is 11.3. The molecule has 226 valence electrons. The van der Waals surface area contributed by atoms with E-state index in [9.17, 15) is 4.79 Å². The zero-order chi connectivity index (χ0) is 27.9. The van der Waals surface area contributed by atoms with Crippen molar-refractivity contribution in [2.45, 2.75) is 26.4 Å². The molecule has 1 N–H and O–H groups in total. The van der Waals surface area contributed by atoms with Gasteiger partial charge in [0, 0.05) is 13.2 Å². The second-order valence-electron chi connectivity index (χ2n) is 8.24. The number of ether oxygens (including phenoxy) is 9. The molecule has 0 aromatic heterocycles. The van der Waals surface area contributed by atoms with Crippen molar-refractivity contribution in [1.82, 2.24) is 5.32 Å². The summed E-state index contributed by atoms with van der Waals surface area (Å²) in [5.41, 5.74) is 0.942. The molecule has 11 nitrogen and oxygen atoms in total. The Hall–Kier alpha value is -1.83. The van der Waals surface area contributed by atoms with Crippen LogP contribution in [-0.4, -0.2) is 118 Å². The van der Waals surface area contributed by atoms with Gasteiger partial charge in [0.15, 0.2) is 0 Å². The summed E-state index contributed by atoms with van der Waals surface area (Å²) in [6, 6.07) is 9.52. The molecule has 1 rings (SSSR count). The molecule has 1 aromatic carbocycles. The molecule has 0 aliphatic heterocycles. The maximum atomic E-state index is 11.6. The number of hydrogen-bond acceptors (Lipinski definition) is 10. The normalized spacial score (nSPS) is 11.1. The van der Waals surface area contributed by atoms with Gasteiger partial charge in [0.2, 0.25) is 0 Å². The number of unbranched alkanes of at least 4 members (excludes halogenated alkanes) is 1. The van der Waals surface area contributed by atoms with Crippen molar-refractivity contribution in [3.63, 3.8) is 0 Å². The number of nitrogens with one attached hydrogen (secondary N) is 1. The molecule has 0 fully saturated rings. The van der Waals surface area contributed by atoms with Gasteiger partial charge in [0.05, 0.1) is 99.1 Å². The van der Waals surface area contributed by atoms with Crippen molar-refractivity contribution in [2.24, 2.45) is 0 Å². The van der Waals surface area contributed by atoms with Crippen LogP contribution in [0.15, 0.2) is 30.3 Å². The van der Waals surface area contributed by atoms with E-state index in [0.29, 0.717) is 106 Å². The van der Waals surface area contributed by atoms with Crippen LogP contribution in [-0.2, 0) is 49.2 Å². The Labute approximate surface area is 233 Å². The highest BCUT2D eigenvalue weighted by atomic mass is 16.6. The molecule has 0 heterocycles. The molecule has 0 saturated heterocycles. The van der Waals surface area contributed by atoms with Crippen molar-refractivity contribution in [3.8, 4) is 0 Å². The highest BCUT2D eigenvalue weighted by Crippen LogP contribution is 2.00. The second kappa shape index (κ2) is 29.2. The number of carbonyl (C=O) groups excluding carboxylic acids is 1. The molecule has 0 aliphatic rings. The Kier molecular flexibility index (Phi) is 26.3. The largest absolute Gasteiger partial charge is 0.445 e. The Morgan fingerprint density at radius 1 is 0.564 bits per heavy atom. The molecule has 1 amide bonds. The molecule has 0 radical (unpaired) electrons. The van der Waals surface area contributed by atoms with Gasteiger partial charge < -0.3 is 47.9 Å². The molecular weight excluding hydrogens is 510 g/mol. The number of hydrogen-bond donors (Lipinski definition) is 1. The van der Waals surface area contributed by atoms with Gasteiger partial charge in [0.25, 0.3) is 0 Å². The fourth-order valence-corrected chi connectivity index (χ4v) is 2.89. The zero-order valence-electron chi connectivity index (χ0n) is 23.6. The van der Waals surface area contributed by atoms with Gasteiger partial charge in [-0.1, -0.05) is 43.7 Å². The van der Waals surface area contributed by atoms with Crippen molar-refractivity contribution in [1.29, 1.82) is 0 Å². The minimum atomic E-state index is -0.464. The van der Waals surface area contributed by atoms with Crippen LogP contribution in [0.2, 0.25) is 0 Å². The molecule has 0 atom stereocenters. The van der Waals surface area contributed by atoms with Crippen molar-refractivity contribution in [3.05, 3.63) is 35.9 Å². The fourth-order valence-electron chi connectivity index (χ4n) is 2.89. The van der Waals surface area contributed by atoms with Crippen LogP contribution in [0, 0.1) is 0 Å². The molecule has 0 saturated carbocycles. The number of carbonyl (C=O) groups is 1. The van der Waals surface area contributed by atoms with Gasteiger partial charge in [0.1, 0.15) is 6.61 Å². The SMILES string of the molecule is CCCCOCCOCCOCCOCCOCCOCCOCCOCCNC(=O)OCc1ccccc1. The minimum Gasteiger partial charge on any atom is -0.445 e. The van der Waals surface area contributed by atoms with Crippen LogP contribution in [0.25, 0.3) is 0 Å². The van der Waals surface area contributed by atoms with E-state index in [-0.39, 0.29) is 6.61 Å². The highest BCUT2D eigenvalue weighted by Gasteiger charge is 2.01. The molecular formula is C28H49NO10. The van der Waals surface area contributed by atoms with Crippen LogP contribution in [0.1, 0.15) is 25.3 Å². The molecule has 39 heavy (non-hydrogen) atoms. The lowest BCUT2D eigenvalue weighted by atomic mass is 10.2. The fraction of sp³-hybridized carbons (Fsp3) is 0.750. The van der Waals surface area contributed by atoms with Crippen LogP contribution in [0.4, 0.5) is 4.79 Å². The van der Waals surface area contributed by atoms with E-state index in [1.165, 1.54) is 0 Å². The van der Waals surface area contributed by atoms with E-state index in [1.54, 1.807) is 0 Å². The first-order valence-corrected chi connectivity index (χ1v) is 13.9. The Morgan fingerprint density at radius 3 is 1.36 bits per heavy atom. The predicted molar refractivity (Wildman–Crippen MR) is 146 cm³/mol. The van der Waals surface area contributed by atoms with Gasteiger partial charge in [-0.3, -0.25) is 0 Å². The van der Waals surface area contributed by atoms with Gasteiger partial charge in [-0.25, -0.2) is 4.79 Å². The lowest BCUT2D eigenvalue weighted by molar-refractivity contribution is -0.0230. The summed E-state index contributed by atoms with van der Waals surface area (Å²) >= 11 is 0. The molecule has 0 aliphatic carbocycles. The van der Waals surface area contributed by atoms with E-state index in [1.807, 2.05) is 30.3 Å². The molecule has 0 spiro atoms. The van der Waals surface area contributed by atoms with Crippen LogP contribution in [0.3, 0.4) is 0 Å². The van der Waals surface area contributed by atoms with Crippen molar-refractivity contribution in [2.75, 3.05) is 112 Å². The third-order valence-corrected chi connectivity index (χ3v) is 4.97. The first kappa shape index (κ1) is 35.2. The van der Waals surface area contributed by atoms with E-state index in [2.05, 4.69) is 12.2 Å². The summed E-state index contributed by atoms with van der Waals surface area (Å²) < 4.78 is 48.6. The average molecular weight is 560 g/mol. The van der Waals surface area contributed by atoms with Gasteiger partial charge in [-0.15, -0.1) is 0 Å². The maximum absolute atomic E-state index is 11.6. The molecule has 11 heteroatoms. The number of benzene rings is 1. The van der Waals surface area contributed by atoms with Gasteiger partial charge in [-0.2, -0.15) is 0 Å². The highest BCUT2D eigenvalue weighted by molar-refractivity contribution is 5.67. The topological polar surface area (TPSA) is 112 Å². The van der Waals surface area contributed by atoms with E-state index >= 15 is 0 Å². The smallest absolute Gasteiger partial charge is 0.407 e. The van der Waals surface area contributed by atoms with E-state index in [4.69, 9.17) is 42.6 Å². The Bertz CT molecular complexity index is 638. The summed E-state index contributed by atoms with van der Waals surface area (Å²) in [6.07, 6.45) is 1.77. The maximum Gasteiger partial charge on any atom is 0.407 e. The Morgan fingerprint density at radius 2 is 0.949 bits per heavy atom. The average Bonchev–Trinajstić information content (AvgIpc) is 2.96. The van der Waals surface area contributed by atoms with Gasteiger partial charge in [-0.05, 0) is 12.0 Å². The van der Waals surface area contributed by atoms with E-state index < -0.39 is 6.09 Å². The second-order valence-corrected chi connectivity index (χ2v) is 8.24. The standard InChI is InChI=1S/C28H49NO10/c1-2-3-10-31-12-14-33-16-18-35-20-22-37-24-25-38-23-21-36-19-17-34-15-13-32-11-9-29-28(30)39-26-27-7-5-4-6-8-27/h4-8H,2-3,9-26H2,1H3,(H,29,30). The third-order valence-electron chi connectivity index (χ3n) is 4.97. The summed E-state index contributed by atoms with van der Waals surface area (Å²) in [5, 5.41) is 2.64. The monoisotopic (exact) mass is 559 g/mol. The number of alkyl carbamates (subject to hydrolysis) is 1. The summed E-state index contributed by atoms with van der Waals surface area (Å²) in [7, 11) is 0. The quantitative estimate of drug-likeness (QED) is 0.147. The number of rotatable bonds is 29. The molecule has 0 unspecified atom stereocenters. The summed E-state index contributed by atoms with van der Waals surface area (Å²) in [5.74, 6) is 0. The van der Waals surface area contributed by atoms with Crippen LogP contribution < -0.4 is 5.32 Å². The first-order chi connectivity index (χ1) is 19.3. The molecule has 1 aromatic rings.